The van der Waals surface area contributed by atoms with Crippen LogP contribution in [0.2, 0.25) is 0 Å². The summed E-state index contributed by atoms with van der Waals surface area (Å²) >= 11 is 0. The lowest BCUT2D eigenvalue weighted by Crippen LogP contribution is -2.24. The van der Waals surface area contributed by atoms with Gasteiger partial charge in [0.1, 0.15) is 11.5 Å². The van der Waals surface area contributed by atoms with E-state index in [1.54, 1.807) is 0 Å². The third-order valence-electron chi connectivity index (χ3n) is 7.09. The Labute approximate surface area is 212 Å². The van der Waals surface area contributed by atoms with Gasteiger partial charge >= 0.3 is 0 Å². The summed E-state index contributed by atoms with van der Waals surface area (Å²) in [7, 11) is 0. The minimum atomic E-state index is -0.376. The minimum Gasteiger partial charge on any atom is -0.456 e. The van der Waals surface area contributed by atoms with E-state index in [1.165, 1.54) is 27.8 Å². The van der Waals surface area contributed by atoms with E-state index in [-0.39, 0.29) is 5.41 Å². The van der Waals surface area contributed by atoms with Gasteiger partial charge in [-0.05, 0) is 72.0 Å². The minimum absolute atomic E-state index is 0.376. The molecule has 0 saturated heterocycles. The van der Waals surface area contributed by atoms with Gasteiger partial charge in [-0.1, -0.05) is 91.0 Å². The van der Waals surface area contributed by atoms with Crippen molar-refractivity contribution >= 4 is 11.9 Å². The molecule has 0 fully saturated rings. The van der Waals surface area contributed by atoms with E-state index < -0.39 is 0 Å². The lowest BCUT2D eigenvalue weighted by molar-refractivity contribution is 0.466. The van der Waals surface area contributed by atoms with Gasteiger partial charge in [0.2, 0.25) is 0 Å². The molecule has 0 N–H and O–H groups in total. The second-order valence-electron chi connectivity index (χ2n) is 9.46. The molecule has 5 aromatic carbocycles. The Bertz CT molecular complexity index is 1520. The third kappa shape index (κ3) is 3.72. The molecule has 6 rings (SSSR count). The van der Waals surface area contributed by atoms with Gasteiger partial charge in [0.15, 0.2) is 0 Å². The van der Waals surface area contributed by atoms with Gasteiger partial charge in [0.25, 0.3) is 0 Å². The number of aliphatic imine (C=N–C) groups is 1. The van der Waals surface area contributed by atoms with Gasteiger partial charge in [0.05, 0.1) is 5.69 Å². The van der Waals surface area contributed by atoms with Crippen molar-refractivity contribution in [3.63, 3.8) is 0 Å². The zero-order valence-electron chi connectivity index (χ0n) is 20.5. The summed E-state index contributed by atoms with van der Waals surface area (Å²) in [6.07, 6.45) is 1.93. The van der Waals surface area contributed by atoms with Gasteiger partial charge in [-0.25, -0.2) is 0 Å². The van der Waals surface area contributed by atoms with Crippen molar-refractivity contribution < 1.29 is 4.74 Å². The molecule has 0 bridgehead atoms. The molecule has 0 saturated carbocycles. The largest absolute Gasteiger partial charge is 0.456 e. The van der Waals surface area contributed by atoms with Crippen LogP contribution in [0.1, 0.15) is 34.7 Å². The molecule has 174 valence electrons. The van der Waals surface area contributed by atoms with Crippen LogP contribution >= 0.6 is 0 Å². The van der Waals surface area contributed by atoms with Crippen molar-refractivity contribution in [2.24, 2.45) is 4.99 Å². The number of benzene rings is 5. The normalized spacial score (nSPS) is 13.4. The van der Waals surface area contributed by atoms with Crippen LogP contribution in [-0.4, -0.2) is 6.21 Å². The van der Waals surface area contributed by atoms with E-state index >= 15 is 0 Å². The van der Waals surface area contributed by atoms with E-state index in [4.69, 9.17) is 9.73 Å². The first-order valence-corrected chi connectivity index (χ1v) is 12.3. The maximum absolute atomic E-state index is 6.70. The van der Waals surface area contributed by atoms with Crippen molar-refractivity contribution in [3.05, 3.63) is 149 Å². The third-order valence-corrected chi connectivity index (χ3v) is 7.09. The lowest BCUT2D eigenvalue weighted by Gasteiger charge is -2.31. The Hall–Kier alpha value is -4.43. The van der Waals surface area contributed by atoms with E-state index in [0.29, 0.717) is 0 Å². The first-order valence-electron chi connectivity index (χ1n) is 12.3. The molecule has 1 aliphatic carbocycles. The van der Waals surface area contributed by atoms with Crippen molar-refractivity contribution in [3.8, 4) is 22.6 Å². The molecule has 2 heteroatoms. The fourth-order valence-electron chi connectivity index (χ4n) is 5.39. The van der Waals surface area contributed by atoms with Gasteiger partial charge in [0, 0.05) is 22.8 Å². The number of hydrogen-bond donors (Lipinski definition) is 0. The van der Waals surface area contributed by atoms with Crippen molar-refractivity contribution in [2.45, 2.75) is 19.3 Å². The van der Waals surface area contributed by atoms with Crippen LogP contribution in [-0.2, 0) is 5.41 Å². The van der Waals surface area contributed by atoms with E-state index in [2.05, 4.69) is 74.5 Å². The smallest absolute Gasteiger partial charge is 0.140 e. The molecule has 0 atom stereocenters. The van der Waals surface area contributed by atoms with E-state index in [9.17, 15) is 0 Å². The quantitative estimate of drug-likeness (QED) is 0.238. The van der Waals surface area contributed by atoms with Gasteiger partial charge < -0.3 is 4.74 Å². The topological polar surface area (TPSA) is 21.6 Å². The Morgan fingerprint density at radius 1 is 0.639 bits per heavy atom. The first kappa shape index (κ1) is 22.1. The standard InChI is InChI=1S/C34H27NO/c1-24-21-25(23-35-26-13-5-3-6-14-26)33(36-27-15-7-4-8-16-27)32(22-24)34(2)30-19-11-9-17-28(30)29-18-10-12-20-31(29)34/h3-23H,1-2H3. The molecule has 0 radical (unpaired) electrons. The summed E-state index contributed by atoms with van der Waals surface area (Å²) in [4.78, 5) is 4.79. The number of nitrogens with zero attached hydrogens (tertiary/aromatic N) is 1. The number of ether oxygens (including phenoxy) is 1. The van der Waals surface area contributed by atoms with Crippen molar-refractivity contribution in [2.75, 3.05) is 0 Å². The number of rotatable bonds is 5. The lowest BCUT2D eigenvalue weighted by atomic mass is 9.73. The summed E-state index contributed by atoms with van der Waals surface area (Å²) in [6.45, 7) is 4.47. The molecular weight excluding hydrogens is 438 g/mol. The zero-order valence-corrected chi connectivity index (χ0v) is 20.5. The van der Waals surface area contributed by atoms with Crippen LogP contribution in [0.25, 0.3) is 11.1 Å². The Kier molecular flexibility index (Phi) is 5.50. The summed E-state index contributed by atoms with van der Waals surface area (Å²) in [5, 5.41) is 0. The summed E-state index contributed by atoms with van der Waals surface area (Å²) in [5.41, 5.74) is 8.94. The molecular formula is C34H27NO. The molecule has 36 heavy (non-hydrogen) atoms. The fourth-order valence-corrected chi connectivity index (χ4v) is 5.39. The molecule has 0 aromatic heterocycles. The summed E-state index contributed by atoms with van der Waals surface area (Å²) in [6, 6.07) is 41.9. The molecule has 0 amide bonds. The second kappa shape index (κ2) is 8.98. The van der Waals surface area contributed by atoms with Crippen molar-refractivity contribution in [1.82, 2.24) is 0 Å². The average molecular weight is 466 g/mol. The molecule has 5 aromatic rings. The van der Waals surface area contributed by atoms with Gasteiger partial charge in [-0.3, -0.25) is 4.99 Å². The fraction of sp³-hybridized carbons (Fsp3) is 0.0882. The van der Waals surface area contributed by atoms with Gasteiger partial charge in [-0.15, -0.1) is 0 Å². The number of hydrogen-bond acceptors (Lipinski definition) is 2. The highest BCUT2D eigenvalue weighted by molar-refractivity contribution is 5.89. The highest BCUT2D eigenvalue weighted by atomic mass is 16.5. The van der Waals surface area contributed by atoms with Gasteiger partial charge in [-0.2, -0.15) is 0 Å². The monoisotopic (exact) mass is 465 g/mol. The second-order valence-corrected chi connectivity index (χ2v) is 9.46. The highest BCUT2D eigenvalue weighted by Crippen LogP contribution is 2.55. The van der Waals surface area contributed by atoms with Crippen LogP contribution in [0.4, 0.5) is 5.69 Å². The van der Waals surface area contributed by atoms with Crippen LogP contribution in [0.3, 0.4) is 0 Å². The first-order chi connectivity index (χ1) is 17.6. The van der Waals surface area contributed by atoms with Crippen LogP contribution < -0.4 is 4.74 Å². The molecule has 2 nitrogen and oxygen atoms in total. The van der Waals surface area contributed by atoms with E-state index in [1.807, 2.05) is 66.9 Å². The molecule has 0 aliphatic heterocycles. The van der Waals surface area contributed by atoms with Crippen LogP contribution in [0.5, 0.6) is 11.5 Å². The molecule has 0 heterocycles. The predicted molar refractivity (Wildman–Crippen MR) is 149 cm³/mol. The van der Waals surface area contributed by atoms with Crippen LogP contribution in [0, 0.1) is 6.92 Å². The maximum Gasteiger partial charge on any atom is 0.140 e. The van der Waals surface area contributed by atoms with Crippen molar-refractivity contribution in [1.29, 1.82) is 0 Å². The van der Waals surface area contributed by atoms with Crippen LogP contribution in [0.15, 0.2) is 126 Å². The predicted octanol–water partition coefficient (Wildman–Crippen LogP) is 8.87. The summed E-state index contributed by atoms with van der Waals surface area (Å²) < 4.78 is 6.70. The highest BCUT2D eigenvalue weighted by Gasteiger charge is 2.42. The molecule has 0 spiro atoms. The SMILES string of the molecule is Cc1cc(C=Nc2ccccc2)c(Oc2ccccc2)c(C2(C)c3ccccc3-c3ccccc32)c1. The maximum atomic E-state index is 6.70. The zero-order chi connectivity index (χ0) is 24.5. The number of fused-ring (bicyclic) bond motifs is 3. The Balaban J connectivity index is 1.61. The molecule has 0 unspecified atom stereocenters. The van der Waals surface area contributed by atoms with E-state index in [0.717, 1.165) is 28.3 Å². The Morgan fingerprint density at radius 3 is 1.83 bits per heavy atom. The number of aryl methyl sites for hydroxylation is 1. The number of para-hydroxylation sites is 2. The summed E-state index contributed by atoms with van der Waals surface area (Å²) in [5.74, 6) is 1.64. The average Bonchev–Trinajstić information content (AvgIpc) is 3.19. The molecule has 1 aliphatic rings. The Morgan fingerprint density at radius 2 is 1.19 bits per heavy atom.